The van der Waals surface area contributed by atoms with Gasteiger partial charge >= 0.3 is 5.97 Å². The molecular formula is C21H17FO4. The standard InChI is InChI=1S/C21H17FO4/c1-21(20(23)24,15-5-3-2-4-6-15)26-19-13-11-18(12-14-19)25-17-9-7-16(22)8-10-17/h2-14H,1H3,(H,23,24). The zero-order valence-electron chi connectivity index (χ0n) is 14.1. The average Bonchev–Trinajstić information content (AvgIpc) is 2.65. The van der Waals surface area contributed by atoms with Crippen LogP contribution in [0.15, 0.2) is 78.9 Å². The molecule has 0 heterocycles. The lowest BCUT2D eigenvalue weighted by Gasteiger charge is -2.26. The summed E-state index contributed by atoms with van der Waals surface area (Å²) in [4.78, 5) is 11.8. The molecule has 0 aromatic heterocycles. The summed E-state index contributed by atoms with van der Waals surface area (Å²) in [6.45, 7) is 1.51. The molecule has 0 bridgehead atoms. The molecule has 0 aliphatic carbocycles. The number of hydrogen-bond acceptors (Lipinski definition) is 3. The van der Waals surface area contributed by atoms with Crippen LogP contribution in [0.5, 0.6) is 17.2 Å². The van der Waals surface area contributed by atoms with Crippen molar-refractivity contribution in [2.24, 2.45) is 0 Å². The van der Waals surface area contributed by atoms with Gasteiger partial charge in [0.2, 0.25) is 5.60 Å². The maximum absolute atomic E-state index is 12.9. The minimum Gasteiger partial charge on any atom is -0.478 e. The lowest BCUT2D eigenvalue weighted by atomic mass is 9.96. The lowest BCUT2D eigenvalue weighted by molar-refractivity contribution is -0.154. The van der Waals surface area contributed by atoms with Crippen molar-refractivity contribution in [1.29, 1.82) is 0 Å². The second kappa shape index (κ2) is 7.27. The van der Waals surface area contributed by atoms with E-state index in [4.69, 9.17) is 9.47 Å². The first-order chi connectivity index (χ1) is 12.5. The van der Waals surface area contributed by atoms with E-state index in [0.29, 0.717) is 22.8 Å². The summed E-state index contributed by atoms with van der Waals surface area (Å²) in [6.07, 6.45) is 0. The van der Waals surface area contributed by atoms with Crippen molar-refractivity contribution in [3.63, 3.8) is 0 Å². The molecule has 0 spiro atoms. The largest absolute Gasteiger partial charge is 0.478 e. The summed E-state index contributed by atoms with van der Waals surface area (Å²) < 4.78 is 24.3. The fraction of sp³-hybridized carbons (Fsp3) is 0.0952. The molecule has 0 amide bonds. The second-order valence-corrected chi connectivity index (χ2v) is 5.83. The molecule has 5 heteroatoms. The van der Waals surface area contributed by atoms with Crippen molar-refractivity contribution in [3.8, 4) is 17.2 Å². The molecule has 0 radical (unpaired) electrons. The highest BCUT2D eigenvalue weighted by Gasteiger charge is 2.37. The topological polar surface area (TPSA) is 55.8 Å². The SMILES string of the molecule is CC(Oc1ccc(Oc2ccc(F)cc2)cc1)(C(=O)O)c1ccccc1. The third kappa shape index (κ3) is 3.83. The third-order valence-electron chi connectivity index (χ3n) is 3.93. The van der Waals surface area contributed by atoms with Gasteiger partial charge < -0.3 is 14.6 Å². The van der Waals surface area contributed by atoms with E-state index in [0.717, 1.165) is 0 Å². The van der Waals surface area contributed by atoms with Crippen molar-refractivity contribution in [3.05, 3.63) is 90.2 Å². The Hall–Kier alpha value is -3.34. The van der Waals surface area contributed by atoms with E-state index in [-0.39, 0.29) is 5.82 Å². The van der Waals surface area contributed by atoms with Crippen molar-refractivity contribution in [2.75, 3.05) is 0 Å². The van der Waals surface area contributed by atoms with Crippen molar-refractivity contribution in [2.45, 2.75) is 12.5 Å². The van der Waals surface area contributed by atoms with Gasteiger partial charge in [0.25, 0.3) is 0 Å². The molecule has 0 saturated heterocycles. The minimum absolute atomic E-state index is 0.338. The van der Waals surface area contributed by atoms with Gasteiger partial charge in [0.1, 0.15) is 23.1 Å². The van der Waals surface area contributed by atoms with Crippen molar-refractivity contribution in [1.82, 2.24) is 0 Å². The van der Waals surface area contributed by atoms with Crippen LogP contribution in [-0.2, 0) is 10.4 Å². The van der Waals surface area contributed by atoms with E-state index >= 15 is 0 Å². The molecule has 0 aliphatic rings. The van der Waals surface area contributed by atoms with Crippen molar-refractivity contribution >= 4 is 5.97 Å². The Labute approximate surface area is 150 Å². The maximum atomic E-state index is 12.9. The number of aliphatic carboxylic acids is 1. The summed E-state index contributed by atoms with van der Waals surface area (Å²) >= 11 is 0. The summed E-state index contributed by atoms with van der Waals surface area (Å²) in [5, 5.41) is 9.64. The third-order valence-corrected chi connectivity index (χ3v) is 3.93. The maximum Gasteiger partial charge on any atom is 0.352 e. The molecule has 1 unspecified atom stereocenters. The van der Waals surface area contributed by atoms with Gasteiger partial charge in [-0.3, -0.25) is 0 Å². The number of carboxylic acids is 1. The first kappa shape index (κ1) is 17.5. The van der Waals surface area contributed by atoms with Crippen LogP contribution < -0.4 is 9.47 Å². The summed E-state index contributed by atoms with van der Waals surface area (Å²) in [7, 11) is 0. The van der Waals surface area contributed by atoms with Crippen LogP contribution >= 0.6 is 0 Å². The van der Waals surface area contributed by atoms with Crippen LogP contribution in [0.25, 0.3) is 0 Å². The van der Waals surface area contributed by atoms with Gasteiger partial charge in [-0.15, -0.1) is 0 Å². The van der Waals surface area contributed by atoms with Crippen LogP contribution in [-0.4, -0.2) is 11.1 Å². The number of carboxylic acid groups (broad SMARTS) is 1. The molecule has 3 aromatic rings. The molecule has 4 nitrogen and oxygen atoms in total. The number of ether oxygens (including phenoxy) is 2. The molecule has 0 aliphatic heterocycles. The first-order valence-corrected chi connectivity index (χ1v) is 7.99. The zero-order chi connectivity index (χ0) is 18.6. The quantitative estimate of drug-likeness (QED) is 0.678. The molecule has 26 heavy (non-hydrogen) atoms. The summed E-state index contributed by atoms with van der Waals surface area (Å²) in [5.74, 6) is -0.00376. The van der Waals surface area contributed by atoms with Gasteiger partial charge in [0, 0.05) is 5.56 Å². The molecule has 3 aromatic carbocycles. The fourth-order valence-corrected chi connectivity index (χ4v) is 2.43. The average molecular weight is 352 g/mol. The predicted molar refractivity (Wildman–Crippen MR) is 95.0 cm³/mol. The number of hydrogen-bond donors (Lipinski definition) is 1. The van der Waals surface area contributed by atoms with Crippen LogP contribution in [0.3, 0.4) is 0 Å². The fourth-order valence-electron chi connectivity index (χ4n) is 2.43. The molecule has 1 N–H and O–H groups in total. The highest BCUT2D eigenvalue weighted by molar-refractivity contribution is 5.79. The van der Waals surface area contributed by atoms with E-state index in [2.05, 4.69) is 0 Å². The van der Waals surface area contributed by atoms with Gasteiger partial charge in [-0.2, -0.15) is 0 Å². The van der Waals surface area contributed by atoms with Gasteiger partial charge in [0.05, 0.1) is 0 Å². The second-order valence-electron chi connectivity index (χ2n) is 5.83. The monoisotopic (exact) mass is 352 g/mol. The number of halogens is 1. The van der Waals surface area contributed by atoms with Crippen LogP contribution in [0, 0.1) is 5.82 Å². The number of benzene rings is 3. The van der Waals surface area contributed by atoms with Gasteiger partial charge in [-0.25, -0.2) is 9.18 Å². The molecule has 1 atom stereocenters. The molecule has 132 valence electrons. The molecule has 0 fully saturated rings. The van der Waals surface area contributed by atoms with E-state index in [1.54, 1.807) is 48.5 Å². The summed E-state index contributed by atoms with van der Waals surface area (Å²) in [6, 6.07) is 21.0. The summed E-state index contributed by atoms with van der Waals surface area (Å²) in [5.41, 5.74) is -0.972. The Kier molecular flexibility index (Phi) is 4.89. The highest BCUT2D eigenvalue weighted by Crippen LogP contribution is 2.30. The van der Waals surface area contributed by atoms with E-state index < -0.39 is 11.6 Å². The van der Waals surface area contributed by atoms with E-state index in [9.17, 15) is 14.3 Å². The Morgan fingerprint density at radius 3 is 1.88 bits per heavy atom. The molecule has 0 saturated carbocycles. The van der Waals surface area contributed by atoms with Gasteiger partial charge in [0.15, 0.2) is 0 Å². The Balaban J connectivity index is 1.77. The van der Waals surface area contributed by atoms with Crippen molar-refractivity contribution < 1.29 is 23.8 Å². The minimum atomic E-state index is -1.51. The number of rotatable bonds is 6. The van der Waals surface area contributed by atoms with Crippen LogP contribution in [0.2, 0.25) is 0 Å². The Bertz CT molecular complexity index is 876. The van der Waals surface area contributed by atoms with Crippen LogP contribution in [0.4, 0.5) is 4.39 Å². The molecule has 3 rings (SSSR count). The first-order valence-electron chi connectivity index (χ1n) is 7.99. The van der Waals surface area contributed by atoms with E-state index in [1.165, 1.54) is 31.2 Å². The lowest BCUT2D eigenvalue weighted by Crippen LogP contribution is -2.38. The predicted octanol–water partition coefficient (Wildman–Crippen LogP) is 5.00. The highest BCUT2D eigenvalue weighted by atomic mass is 19.1. The zero-order valence-corrected chi connectivity index (χ0v) is 14.1. The van der Waals surface area contributed by atoms with Crippen LogP contribution in [0.1, 0.15) is 12.5 Å². The Morgan fingerprint density at radius 2 is 1.35 bits per heavy atom. The smallest absolute Gasteiger partial charge is 0.352 e. The normalized spacial score (nSPS) is 12.8. The van der Waals surface area contributed by atoms with E-state index in [1.807, 2.05) is 6.07 Å². The van der Waals surface area contributed by atoms with Gasteiger partial charge in [-0.05, 0) is 55.5 Å². The Morgan fingerprint density at radius 1 is 0.846 bits per heavy atom. The number of carbonyl (C=O) groups is 1. The molecular weight excluding hydrogens is 335 g/mol. The van der Waals surface area contributed by atoms with Gasteiger partial charge in [-0.1, -0.05) is 30.3 Å².